The van der Waals surface area contributed by atoms with Gasteiger partial charge in [0.15, 0.2) is 0 Å². The lowest BCUT2D eigenvalue weighted by molar-refractivity contribution is 1.15. The normalized spacial score (nSPS) is 10.4. The number of nitrogens with one attached hydrogen (secondary N) is 1. The molecule has 2 heterocycles. The summed E-state index contributed by atoms with van der Waals surface area (Å²) in [6.45, 7) is 0. The van der Waals surface area contributed by atoms with Crippen LogP contribution < -0.4 is 5.73 Å². The molecule has 0 aromatic rings. The van der Waals surface area contributed by atoms with Crippen molar-refractivity contribution < 1.29 is 0 Å². The topological polar surface area (TPSA) is 67.6 Å². The fraction of sp³-hybridized carbons (Fsp3) is 0. The monoisotopic (exact) mass is 134 g/mol. The van der Waals surface area contributed by atoms with Crippen LogP contribution in [-0.2, 0) is 0 Å². The third kappa shape index (κ3) is 0.621. The summed E-state index contributed by atoms with van der Waals surface area (Å²) in [6.07, 6.45) is 3.27. The van der Waals surface area contributed by atoms with Gasteiger partial charge in [-0.2, -0.15) is 0 Å². The molecule has 0 saturated carbocycles. The Hall–Kier alpha value is -1.58. The van der Waals surface area contributed by atoms with Gasteiger partial charge in [-0.05, 0) is 0 Å². The second-order valence-electron chi connectivity index (χ2n) is 2.03. The van der Waals surface area contributed by atoms with E-state index < -0.39 is 0 Å². The van der Waals surface area contributed by atoms with Crippen LogP contribution in [0.4, 0.5) is 5.82 Å². The molecule has 0 atom stereocenters. The van der Waals surface area contributed by atoms with Gasteiger partial charge in [0.25, 0.3) is 0 Å². The van der Waals surface area contributed by atoms with E-state index in [2.05, 4.69) is 15.0 Å². The van der Waals surface area contributed by atoms with E-state index in [0.717, 1.165) is 11.4 Å². The molecule has 2 aliphatic rings. The van der Waals surface area contributed by atoms with Gasteiger partial charge in [-0.3, -0.25) is 0 Å². The number of nitrogen functional groups attached to an aromatic ring is 1. The smallest absolute Gasteiger partial charge is 0.126 e. The number of fused-ring (bicyclic) bond motifs is 1. The van der Waals surface area contributed by atoms with Crippen molar-refractivity contribution in [3.8, 4) is 11.4 Å². The summed E-state index contributed by atoms with van der Waals surface area (Å²) in [6, 6.07) is 1.77. The van der Waals surface area contributed by atoms with Crippen LogP contribution in [0.2, 0.25) is 0 Å². The van der Waals surface area contributed by atoms with Crippen molar-refractivity contribution in [2.24, 2.45) is 0 Å². The first-order valence-electron chi connectivity index (χ1n) is 2.91. The predicted octanol–water partition coefficient (Wildman–Crippen LogP) is 0.492. The van der Waals surface area contributed by atoms with Gasteiger partial charge in [0.2, 0.25) is 0 Å². The minimum atomic E-state index is 0.527. The highest BCUT2D eigenvalue weighted by Gasteiger charge is 2.04. The standard InChI is InChI=1S/C6H6N4/c7-6-1-4-5(10-6)2-8-3-9-4/h1-3H,(H2,7,10)(H,8,9). The molecule has 50 valence electrons. The number of nitrogens with zero attached hydrogens (tertiary/aromatic N) is 2. The van der Waals surface area contributed by atoms with Crippen LogP contribution in [-0.4, -0.2) is 15.0 Å². The van der Waals surface area contributed by atoms with Crippen LogP contribution >= 0.6 is 0 Å². The molecule has 0 radical (unpaired) electrons. The van der Waals surface area contributed by atoms with Crippen LogP contribution in [0.1, 0.15) is 0 Å². The van der Waals surface area contributed by atoms with Crippen molar-refractivity contribution in [2.75, 3.05) is 5.73 Å². The number of aromatic amines is 1. The van der Waals surface area contributed by atoms with Crippen LogP contribution in [0.3, 0.4) is 0 Å². The maximum absolute atomic E-state index is 5.43. The van der Waals surface area contributed by atoms with E-state index in [4.69, 9.17) is 5.73 Å². The average Bonchev–Trinajstić information content (AvgIpc) is 2.27. The first-order valence-corrected chi connectivity index (χ1v) is 2.91. The molecule has 0 aromatic heterocycles. The van der Waals surface area contributed by atoms with E-state index in [1.165, 1.54) is 0 Å². The SMILES string of the molecule is Nc1cc2[nH]cncc-2n1. The van der Waals surface area contributed by atoms with Crippen molar-refractivity contribution in [1.29, 1.82) is 0 Å². The zero-order valence-corrected chi connectivity index (χ0v) is 5.20. The van der Waals surface area contributed by atoms with Crippen LogP contribution in [0.15, 0.2) is 18.6 Å². The fourth-order valence-electron chi connectivity index (χ4n) is 0.882. The molecule has 0 aliphatic carbocycles. The number of hydrogen-bond acceptors (Lipinski definition) is 3. The highest BCUT2D eigenvalue weighted by molar-refractivity contribution is 5.61. The first kappa shape index (κ1) is 5.22. The van der Waals surface area contributed by atoms with E-state index in [1.807, 2.05) is 0 Å². The molecule has 3 N–H and O–H groups in total. The van der Waals surface area contributed by atoms with Crippen LogP contribution in [0.5, 0.6) is 0 Å². The Morgan fingerprint density at radius 1 is 1.50 bits per heavy atom. The van der Waals surface area contributed by atoms with Crippen molar-refractivity contribution in [2.45, 2.75) is 0 Å². The fourth-order valence-corrected chi connectivity index (χ4v) is 0.882. The molecule has 10 heavy (non-hydrogen) atoms. The Morgan fingerprint density at radius 3 is 3.20 bits per heavy atom. The van der Waals surface area contributed by atoms with Crippen LogP contribution in [0, 0.1) is 0 Å². The summed E-state index contributed by atoms with van der Waals surface area (Å²) in [4.78, 5) is 10.8. The van der Waals surface area contributed by atoms with Crippen molar-refractivity contribution >= 4 is 5.82 Å². The highest BCUT2D eigenvalue weighted by Crippen LogP contribution is 2.18. The van der Waals surface area contributed by atoms with Gasteiger partial charge in [-0.1, -0.05) is 0 Å². The lowest BCUT2D eigenvalue weighted by Gasteiger charge is -1.90. The second kappa shape index (κ2) is 1.70. The molecule has 0 amide bonds. The maximum Gasteiger partial charge on any atom is 0.126 e. The molecule has 0 unspecified atom stereocenters. The molecule has 0 bridgehead atoms. The summed E-state index contributed by atoms with van der Waals surface area (Å²) in [7, 11) is 0. The summed E-state index contributed by atoms with van der Waals surface area (Å²) in [5, 5.41) is 0. The van der Waals surface area contributed by atoms with E-state index in [0.29, 0.717) is 5.82 Å². The number of aromatic nitrogens is 3. The molecule has 2 rings (SSSR count). The quantitative estimate of drug-likeness (QED) is 0.551. The number of nitrogens with two attached hydrogens (primary N) is 1. The number of hydrogen-bond donors (Lipinski definition) is 2. The maximum atomic E-state index is 5.43. The van der Waals surface area contributed by atoms with Gasteiger partial charge in [-0.15, -0.1) is 0 Å². The van der Waals surface area contributed by atoms with Crippen LogP contribution in [0.25, 0.3) is 11.4 Å². The van der Waals surface area contributed by atoms with E-state index in [9.17, 15) is 0 Å². The number of anilines is 1. The molecule has 0 spiro atoms. The Labute approximate surface area is 57.5 Å². The molecule has 4 heteroatoms. The van der Waals surface area contributed by atoms with Gasteiger partial charge in [0.05, 0.1) is 18.2 Å². The third-order valence-electron chi connectivity index (χ3n) is 1.31. The molecule has 2 aliphatic heterocycles. The van der Waals surface area contributed by atoms with Gasteiger partial charge in [0, 0.05) is 6.07 Å². The average molecular weight is 134 g/mol. The van der Waals surface area contributed by atoms with Gasteiger partial charge >= 0.3 is 0 Å². The lowest BCUT2D eigenvalue weighted by Crippen LogP contribution is -1.83. The zero-order valence-electron chi connectivity index (χ0n) is 5.20. The lowest BCUT2D eigenvalue weighted by atomic mass is 10.3. The predicted molar refractivity (Wildman–Crippen MR) is 37.4 cm³/mol. The Balaban J connectivity index is 2.76. The number of H-pyrrole nitrogens is 1. The molecular weight excluding hydrogens is 128 g/mol. The summed E-state index contributed by atoms with van der Waals surface area (Å²) >= 11 is 0. The molecular formula is C6H6N4. The van der Waals surface area contributed by atoms with Crippen molar-refractivity contribution in [1.82, 2.24) is 15.0 Å². The van der Waals surface area contributed by atoms with Gasteiger partial charge in [-0.25, -0.2) is 9.97 Å². The molecule has 0 aromatic carbocycles. The minimum absolute atomic E-state index is 0.527. The Kier molecular flexibility index (Phi) is 0.887. The van der Waals surface area contributed by atoms with Crippen molar-refractivity contribution in [3.63, 3.8) is 0 Å². The third-order valence-corrected chi connectivity index (χ3v) is 1.31. The number of rotatable bonds is 0. The van der Waals surface area contributed by atoms with E-state index in [1.54, 1.807) is 18.6 Å². The second-order valence-corrected chi connectivity index (χ2v) is 2.03. The summed E-state index contributed by atoms with van der Waals surface area (Å²) in [5.74, 6) is 0.527. The Morgan fingerprint density at radius 2 is 2.40 bits per heavy atom. The Bertz CT molecular complexity index is 284. The molecule has 0 fully saturated rings. The van der Waals surface area contributed by atoms with E-state index >= 15 is 0 Å². The summed E-state index contributed by atoms with van der Waals surface area (Å²) in [5.41, 5.74) is 7.16. The zero-order chi connectivity index (χ0) is 6.97. The van der Waals surface area contributed by atoms with Gasteiger partial charge < -0.3 is 10.7 Å². The summed E-state index contributed by atoms with van der Waals surface area (Å²) < 4.78 is 0. The van der Waals surface area contributed by atoms with E-state index in [-0.39, 0.29) is 0 Å². The van der Waals surface area contributed by atoms with Gasteiger partial charge in [0.1, 0.15) is 11.5 Å². The first-order chi connectivity index (χ1) is 4.86. The van der Waals surface area contributed by atoms with Crippen molar-refractivity contribution in [3.05, 3.63) is 18.6 Å². The highest BCUT2D eigenvalue weighted by atomic mass is 14.9. The largest absolute Gasteiger partial charge is 0.384 e. The molecule has 4 nitrogen and oxygen atoms in total. The minimum Gasteiger partial charge on any atom is -0.384 e. The molecule has 0 saturated heterocycles.